The van der Waals surface area contributed by atoms with Gasteiger partial charge in [-0.05, 0) is 18.0 Å². The molecule has 2 aromatic rings. The molecule has 0 aromatic heterocycles. The van der Waals surface area contributed by atoms with Gasteiger partial charge in [0.1, 0.15) is 0 Å². The molecule has 0 aliphatic carbocycles. The molecule has 1 saturated heterocycles. The van der Waals surface area contributed by atoms with Crippen LogP contribution in [0, 0.1) is 11.3 Å². The Labute approximate surface area is 165 Å². The van der Waals surface area contributed by atoms with Crippen LogP contribution in [-0.4, -0.2) is 38.4 Å². The van der Waals surface area contributed by atoms with Crippen LogP contribution < -0.4 is 15.7 Å². The topological polar surface area (TPSA) is 39.1 Å². The Morgan fingerprint density at radius 3 is 2.07 bits per heavy atom. The van der Waals surface area contributed by atoms with Crippen molar-refractivity contribution in [3.8, 4) is 6.07 Å². The second-order valence-electron chi connectivity index (χ2n) is 8.44. The van der Waals surface area contributed by atoms with E-state index in [0.717, 1.165) is 26.1 Å². The molecule has 1 fully saturated rings. The summed E-state index contributed by atoms with van der Waals surface area (Å²) < 4.78 is 0. The Morgan fingerprint density at radius 2 is 1.59 bits per heavy atom. The molecule has 0 bridgehead atoms. The van der Waals surface area contributed by atoms with Crippen molar-refractivity contribution >= 4 is 18.4 Å². The Bertz CT molecular complexity index is 722. The minimum atomic E-state index is -2.26. The standard InChI is InChI=1S/C23H31N3Si/c1-23(2,3)27(20-12-6-4-7-13-20,21-14-8-5-9-15-21)22-25-17-11-19-26(22)18-10-16-24/h4-9,12-15,22,25H,10-11,17-19H2,1-3H3. The Hall–Kier alpha value is -1.93. The first-order chi connectivity index (χ1) is 13.0. The zero-order valence-corrected chi connectivity index (χ0v) is 17.8. The van der Waals surface area contributed by atoms with Crippen molar-refractivity contribution in [3.05, 3.63) is 60.7 Å². The van der Waals surface area contributed by atoms with Gasteiger partial charge in [0.25, 0.3) is 0 Å². The third kappa shape index (κ3) is 3.73. The number of nitrogens with one attached hydrogen (secondary N) is 1. The van der Waals surface area contributed by atoms with Crippen molar-refractivity contribution in [2.45, 2.75) is 44.4 Å². The number of rotatable bonds is 5. The molecule has 1 N–H and O–H groups in total. The Balaban J connectivity index is 2.24. The maximum Gasteiger partial charge on any atom is 0.157 e. The molecule has 0 amide bonds. The predicted octanol–water partition coefficient (Wildman–Crippen LogP) is 3.12. The quantitative estimate of drug-likeness (QED) is 0.814. The van der Waals surface area contributed by atoms with E-state index in [9.17, 15) is 5.26 Å². The van der Waals surface area contributed by atoms with E-state index in [-0.39, 0.29) is 10.8 Å². The zero-order chi connectivity index (χ0) is 19.3. The molecule has 1 heterocycles. The molecule has 1 aliphatic rings. The van der Waals surface area contributed by atoms with Crippen molar-refractivity contribution in [1.29, 1.82) is 5.26 Å². The van der Waals surface area contributed by atoms with Crippen LogP contribution >= 0.6 is 0 Å². The summed E-state index contributed by atoms with van der Waals surface area (Å²) in [4.78, 5) is 2.55. The Morgan fingerprint density at radius 1 is 1.04 bits per heavy atom. The Kier molecular flexibility index (Phi) is 6.16. The second kappa shape index (κ2) is 8.39. The number of benzene rings is 2. The van der Waals surface area contributed by atoms with Gasteiger partial charge in [-0.1, -0.05) is 91.8 Å². The highest BCUT2D eigenvalue weighted by molar-refractivity contribution is 7.05. The third-order valence-electron chi connectivity index (χ3n) is 5.89. The van der Waals surface area contributed by atoms with Crippen LogP contribution in [0.3, 0.4) is 0 Å². The fourth-order valence-corrected chi connectivity index (χ4v) is 11.0. The molecule has 1 aliphatic heterocycles. The van der Waals surface area contributed by atoms with Crippen LogP contribution in [0.25, 0.3) is 0 Å². The van der Waals surface area contributed by atoms with Crippen LogP contribution in [0.15, 0.2) is 60.7 Å². The first-order valence-corrected chi connectivity index (χ1v) is 12.0. The summed E-state index contributed by atoms with van der Waals surface area (Å²) in [7, 11) is -2.26. The van der Waals surface area contributed by atoms with Gasteiger partial charge >= 0.3 is 0 Å². The molecular weight excluding hydrogens is 346 g/mol. The minimum absolute atomic E-state index is 0.107. The van der Waals surface area contributed by atoms with Crippen LogP contribution in [0.2, 0.25) is 5.04 Å². The van der Waals surface area contributed by atoms with E-state index in [1.165, 1.54) is 10.4 Å². The van der Waals surface area contributed by atoms with Gasteiger partial charge in [0.05, 0.1) is 11.9 Å². The smallest absolute Gasteiger partial charge is 0.157 e. The zero-order valence-electron chi connectivity index (χ0n) is 16.8. The minimum Gasteiger partial charge on any atom is -0.304 e. The normalized spacial score (nSPS) is 18.8. The van der Waals surface area contributed by atoms with Crippen LogP contribution in [0.1, 0.15) is 33.6 Å². The fourth-order valence-electron chi connectivity index (χ4n) is 4.80. The fraction of sp³-hybridized carbons (Fsp3) is 0.435. The van der Waals surface area contributed by atoms with E-state index in [0.29, 0.717) is 6.42 Å². The van der Waals surface area contributed by atoms with E-state index in [1.807, 2.05) is 0 Å². The van der Waals surface area contributed by atoms with Gasteiger partial charge in [-0.3, -0.25) is 4.90 Å². The number of nitrogens with zero attached hydrogens (tertiary/aromatic N) is 2. The summed E-state index contributed by atoms with van der Waals surface area (Å²) in [5.74, 6) is 0.282. The highest BCUT2D eigenvalue weighted by Gasteiger charge is 2.55. The van der Waals surface area contributed by atoms with Crippen molar-refractivity contribution in [3.63, 3.8) is 0 Å². The highest BCUT2D eigenvalue weighted by Crippen LogP contribution is 2.39. The molecule has 0 spiro atoms. The summed E-state index contributed by atoms with van der Waals surface area (Å²) in [6, 6.07) is 24.6. The maximum atomic E-state index is 9.19. The average Bonchev–Trinajstić information content (AvgIpc) is 2.68. The lowest BCUT2D eigenvalue weighted by molar-refractivity contribution is 0.180. The maximum absolute atomic E-state index is 9.19. The first kappa shape index (κ1) is 19.8. The largest absolute Gasteiger partial charge is 0.304 e. The van der Waals surface area contributed by atoms with Gasteiger partial charge in [0.15, 0.2) is 8.07 Å². The van der Waals surface area contributed by atoms with E-state index >= 15 is 0 Å². The first-order valence-electron chi connectivity index (χ1n) is 9.97. The summed E-state index contributed by atoms with van der Waals surface area (Å²) in [5.41, 5.74) is 0. The summed E-state index contributed by atoms with van der Waals surface area (Å²) >= 11 is 0. The lowest BCUT2D eigenvalue weighted by Crippen LogP contribution is -2.80. The molecule has 1 atom stereocenters. The molecule has 4 heteroatoms. The van der Waals surface area contributed by atoms with Gasteiger partial charge in [0, 0.05) is 19.5 Å². The summed E-state index contributed by atoms with van der Waals surface area (Å²) in [6.45, 7) is 10.1. The monoisotopic (exact) mass is 377 g/mol. The second-order valence-corrected chi connectivity index (χ2v) is 13.3. The highest BCUT2D eigenvalue weighted by atomic mass is 28.3. The summed E-state index contributed by atoms with van der Waals surface area (Å²) in [6.07, 6.45) is 1.72. The van der Waals surface area contributed by atoms with Crippen LogP contribution in [0.4, 0.5) is 0 Å². The van der Waals surface area contributed by atoms with Gasteiger partial charge in [0.2, 0.25) is 0 Å². The third-order valence-corrected chi connectivity index (χ3v) is 12.1. The SMILES string of the molecule is CC(C)(C)[Si](c1ccccc1)(c1ccccc1)C1NCCCN1CCC#N. The van der Waals surface area contributed by atoms with Crippen molar-refractivity contribution < 1.29 is 0 Å². The molecule has 3 nitrogen and oxygen atoms in total. The number of hydrogen-bond donors (Lipinski definition) is 1. The predicted molar refractivity (Wildman–Crippen MR) is 116 cm³/mol. The molecule has 3 rings (SSSR count). The van der Waals surface area contributed by atoms with Crippen LogP contribution in [0.5, 0.6) is 0 Å². The number of nitriles is 1. The number of hydrogen-bond acceptors (Lipinski definition) is 3. The van der Waals surface area contributed by atoms with E-state index < -0.39 is 8.07 Å². The molecule has 0 saturated carbocycles. The van der Waals surface area contributed by atoms with Crippen molar-refractivity contribution in [1.82, 2.24) is 10.2 Å². The molecule has 1 unspecified atom stereocenters. The molecule has 2 aromatic carbocycles. The lowest BCUT2D eigenvalue weighted by Gasteiger charge is -2.54. The van der Waals surface area contributed by atoms with Gasteiger partial charge < -0.3 is 5.32 Å². The lowest BCUT2D eigenvalue weighted by atomic mass is 10.2. The van der Waals surface area contributed by atoms with Gasteiger partial charge in [-0.2, -0.15) is 5.26 Å². The van der Waals surface area contributed by atoms with E-state index in [1.54, 1.807) is 0 Å². The molecule has 142 valence electrons. The van der Waals surface area contributed by atoms with Crippen molar-refractivity contribution in [2.24, 2.45) is 0 Å². The van der Waals surface area contributed by atoms with Gasteiger partial charge in [-0.25, -0.2) is 0 Å². The van der Waals surface area contributed by atoms with Gasteiger partial charge in [-0.15, -0.1) is 0 Å². The summed E-state index contributed by atoms with van der Waals surface area (Å²) in [5, 5.41) is 16.1. The van der Waals surface area contributed by atoms with Crippen LogP contribution in [-0.2, 0) is 0 Å². The van der Waals surface area contributed by atoms with E-state index in [2.05, 4.69) is 97.7 Å². The average molecular weight is 378 g/mol. The van der Waals surface area contributed by atoms with E-state index in [4.69, 9.17) is 0 Å². The molecular formula is C23H31N3Si. The van der Waals surface area contributed by atoms with Crippen molar-refractivity contribution in [2.75, 3.05) is 19.6 Å². The molecule has 27 heavy (non-hydrogen) atoms. The molecule has 0 radical (unpaired) electrons.